The summed E-state index contributed by atoms with van der Waals surface area (Å²) >= 11 is 0. The van der Waals surface area contributed by atoms with Crippen LogP contribution < -0.4 is 5.73 Å². The monoisotopic (exact) mass is 231 g/mol. The molecular formula is C12H13N3O2. The first-order valence-corrected chi connectivity index (χ1v) is 5.68. The standard InChI is InChI=1S/C12H13N3O2/c13-8-5-2-6-9-10(8)15(7-3-1-4-7)11(14-9)12(16)17/h2,5-7H,1,3-4,13H2,(H,16,17). The predicted octanol–water partition coefficient (Wildman–Crippen LogP) is 2.04. The van der Waals surface area contributed by atoms with Crippen LogP contribution in [0.4, 0.5) is 5.69 Å². The molecule has 0 spiro atoms. The van der Waals surface area contributed by atoms with Crippen LogP contribution in [-0.4, -0.2) is 20.6 Å². The predicted molar refractivity (Wildman–Crippen MR) is 64.0 cm³/mol. The molecule has 0 unspecified atom stereocenters. The van der Waals surface area contributed by atoms with Crippen molar-refractivity contribution < 1.29 is 9.90 Å². The van der Waals surface area contributed by atoms with Gasteiger partial charge in [0.1, 0.15) is 0 Å². The summed E-state index contributed by atoms with van der Waals surface area (Å²) in [7, 11) is 0. The van der Waals surface area contributed by atoms with Gasteiger partial charge in [-0.2, -0.15) is 0 Å². The Kier molecular flexibility index (Phi) is 2.07. The van der Waals surface area contributed by atoms with Gasteiger partial charge in [-0.3, -0.25) is 0 Å². The maximum absolute atomic E-state index is 11.2. The number of hydrogen-bond donors (Lipinski definition) is 2. The maximum Gasteiger partial charge on any atom is 0.372 e. The van der Waals surface area contributed by atoms with Crippen molar-refractivity contribution in [1.29, 1.82) is 0 Å². The molecule has 1 aliphatic carbocycles. The lowest BCUT2D eigenvalue weighted by atomic mass is 9.92. The smallest absolute Gasteiger partial charge is 0.372 e. The average Bonchev–Trinajstić information content (AvgIpc) is 2.57. The van der Waals surface area contributed by atoms with Crippen LogP contribution in [0.5, 0.6) is 0 Å². The lowest BCUT2D eigenvalue weighted by Gasteiger charge is -2.28. The second kappa shape index (κ2) is 3.48. The Morgan fingerprint density at radius 2 is 2.24 bits per heavy atom. The van der Waals surface area contributed by atoms with Gasteiger partial charge < -0.3 is 15.4 Å². The zero-order valence-corrected chi connectivity index (χ0v) is 9.26. The van der Waals surface area contributed by atoms with E-state index in [-0.39, 0.29) is 11.9 Å². The number of benzene rings is 1. The Bertz CT molecular complexity index is 599. The summed E-state index contributed by atoms with van der Waals surface area (Å²) in [4.78, 5) is 15.4. The molecule has 17 heavy (non-hydrogen) atoms. The lowest BCUT2D eigenvalue weighted by molar-refractivity contribution is 0.0672. The first kappa shape index (κ1) is 10.1. The van der Waals surface area contributed by atoms with E-state index in [4.69, 9.17) is 5.73 Å². The number of nitrogens with zero attached hydrogens (tertiary/aromatic N) is 2. The first-order valence-electron chi connectivity index (χ1n) is 5.68. The zero-order valence-electron chi connectivity index (χ0n) is 9.26. The highest BCUT2D eigenvalue weighted by Crippen LogP contribution is 2.37. The van der Waals surface area contributed by atoms with Gasteiger partial charge in [0.2, 0.25) is 5.82 Å². The number of nitrogen functional groups attached to an aromatic ring is 1. The highest BCUT2D eigenvalue weighted by Gasteiger charge is 2.28. The van der Waals surface area contributed by atoms with Crippen LogP contribution in [0.1, 0.15) is 35.9 Å². The van der Waals surface area contributed by atoms with Crippen LogP contribution in [0.2, 0.25) is 0 Å². The molecule has 1 heterocycles. The molecule has 1 saturated carbocycles. The van der Waals surface area contributed by atoms with E-state index in [1.807, 2.05) is 0 Å². The van der Waals surface area contributed by atoms with E-state index >= 15 is 0 Å². The van der Waals surface area contributed by atoms with Gasteiger partial charge in [0.15, 0.2) is 0 Å². The molecule has 0 atom stereocenters. The number of rotatable bonds is 2. The number of fused-ring (bicyclic) bond motifs is 1. The lowest BCUT2D eigenvalue weighted by Crippen LogP contribution is -2.21. The summed E-state index contributed by atoms with van der Waals surface area (Å²) in [5, 5.41) is 9.20. The summed E-state index contributed by atoms with van der Waals surface area (Å²) in [5.41, 5.74) is 7.95. The molecule has 3 rings (SSSR count). The Morgan fingerprint density at radius 3 is 2.82 bits per heavy atom. The second-order valence-corrected chi connectivity index (χ2v) is 4.41. The molecule has 0 aliphatic heterocycles. The first-order chi connectivity index (χ1) is 8.18. The van der Waals surface area contributed by atoms with Crippen molar-refractivity contribution in [3.8, 4) is 0 Å². The number of carboxylic acid groups (broad SMARTS) is 1. The number of nitrogens with two attached hydrogens (primary N) is 1. The minimum absolute atomic E-state index is 0.0996. The van der Waals surface area contributed by atoms with Crippen LogP contribution in [0.25, 0.3) is 11.0 Å². The van der Waals surface area contributed by atoms with Crippen molar-refractivity contribution in [2.75, 3.05) is 5.73 Å². The molecule has 88 valence electrons. The highest BCUT2D eigenvalue weighted by molar-refractivity contribution is 5.94. The van der Waals surface area contributed by atoms with Crippen LogP contribution in [0.15, 0.2) is 18.2 Å². The summed E-state index contributed by atoms with van der Waals surface area (Å²) in [5.74, 6) is -0.893. The third kappa shape index (κ3) is 1.39. The van der Waals surface area contributed by atoms with E-state index in [9.17, 15) is 9.90 Å². The van der Waals surface area contributed by atoms with Crippen molar-refractivity contribution in [2.24, 2.45) is 0 Å². The summed E-state index contributed by atoms with van der Waals surface area (Å²) in [6, 6.07) is 5.61. The van der Waals surface area contributed by atoms with Gasteiger partial charge in [0, 0.05) is 6.04 Å². The average molecular weight is 231 g/mol. The van der Waals surface area contributed by atoms with E-state index in [2.05, 4.69) is 4.98 Å². The van der Waals surface area contributed by atoms with Crippen LogP contribution in [0, 0.1) is 0 Å². The van der Waals surface area contributed by atoms with Gasteiger partial charge in [-0.25, -0.2) is 9.78 Å². The minimum atomic E-state index is -0.993. The molecule has 3 N–H and O–H groups in total. The number of carboxylic acids is 1. The zero-order chi connectivity index (χ0) is 12.0. The van der Waals surface area contributed by atoms with E-state index in [0.717, 1.165) is 24.8 Å². The third-order valence-electron chi connectivity index (χ3n) is 3.37. The molecule has 1 aliphatic rings. The Labute approximate surface area is 97.9 Å². The van der Waals surface area contributed by atoms with Crippen molar-refractivity contribution in [1.82, 2.24) is 9.55 Å². The molecule has 0 amide bonds. The third-order valence-corrected chi connectivity index (χ3v) is 3.37. The Morgan fingerprint density at radius 1 is 1.47 bits per heavy atom. The SMILES string of the molecule is Nc1cccc2nc(C(=O)O)n(C3CCC3)c12. The molecule has 1 fully saturated rings. The topological polar surface area (TPSA) is 81.1 Å². The van der Waals surface area contributed by atoms with E-state index < -0.39 is 5.97 Å². The van der Waals surface area contributed by atoms with Gasteiger partial charge in [-0.15, -0.1) is 0 Å². The van der Waals surface area contributed by atoms with Gasteiger partial charge in [-0.05, 0) is 31.4 Å². The molecule has 0 saturated heterocycles. The summed E-state index contributed by atoms with van der Waals surface area (Å²) in [6.45, 7) is 0. The minimum Gasteiger partial charge on any atom is -0.475 e. The van der Waals surface area contributed by atoms with Gasteiger partial charge in [0.25, 0.3) is 0 Å². The van der Waals surface area contributed by atoms with E-state index in [1.54, 1.807) is 22.8 Å². The Hall–Kier alpha value is -2.04. The van der Waals surface area contributed by atoms with Gasteiger partial charge in [-0.1, -0.05) is 6.07 Å². The number of anilines is 1. The molecule has 0 bridgehead atoms. The largest absolute Gasteiger partial charge is 0.475 e. The molecule has 2 aromatic rings. The molecule has 0 radical (unpaired) electrons. The van der Waals surface area contributed by atoms with Gasteiger partial charge >= 0.3 is 5.97 Å². The normalized spacial score (nSPS) is 16.0. The maximum atomic E-state index is 11.2. The fourth-order valence-corrected chi connectivity index (χ4v) is 2.33. The van der Waals surface area contributed by atoms with Crippen molar-refractivity contribution in [3.63, 3.8) is 0 Å². The molecular weight excluding hydrogens is 218 g/mol. The van der Waals surface area contributed by atoms with Crippen LogP contribution in [-0.2, 0) is 0 Å². The van der Waals surface area contributed by atoms with Crippen molar-refractivity contribution in [2.45, 2.75) is 25.3 Å². The summed E-state index contributed by atoms with van der Waals surface area (Å²) in [6.07, 6.45) is 3.14. The van der Waals surface area contributed by atoms with Crippen LogP contribution in [0.3, 0.4) is 0 Å². The van der Waals surface area contributed by atoms with Gasteiger partial charge in [0.05, 0.1) is 16.7 Å². The number of imidazole rings is 1. The van der Waals surface area contributed by atoms with Crippen LogP contribution >= 0.6 is 0 Å². The van der Waals surface area contributed by atoms with Crippen molar-refractivity contribution >= 4 is 22.7 Å². The molecule has 1 aromatic carbocycles. The van der Waals surface area contributed by atoms with E-state index in [0.29, 0.717) is 11.2 Å². The number of carbonyl (C=O) groups is 1. The molecule has 1 aromatic heterocycles. The van der Waals surface area contributed by atoms with Crippen molar-refractivity contribution in [3.05, 3.63) is 24.0 Å². The highest BCUT2D eigenvalue weighted by atomic mass is 16.4. The number of aromatic nitrogens is 2. The number of aromatic carboxylic acids is 1. The molecule has 5 nitrogen and oxygen atoms in total. The second-order valence-electron chi connectivity index (χ2n) is 4.41. The Balaban J connectivity index is 2.32. The summed E-state index contributed by atoms with van der Waals surface area (Å²) < 4.78 is 1.79. The fraction of sp³-hybridized carbons (Fsp3) is 0.333. The number of para-hydroxylation sites is 1. The quantitative estimate of drug-likeness (QED) is 0.775. The molecule has 5 heteroatoms. The van der Waals surface area contributed by atoms with E-state index in [1.165, 1.54) is 0 Å². The number of hydrogen-bond acceptors (Lipinski definition) is 3. The fourth-order valence-electron chi connectivity index (χ4n) is 2.33.